The third kappa shape index (κ3) is 4.07. The summed E-state index contributed by atoms with van der Waals surface area (Å²) in [4.78, 5) is 12.7. The molecule has 0 unspecified atom stereocenters. The summed E-state index contributed by atoms with van der Waals surface area (Å²) in [5.74, 6) is 0. The quantitative estimate of drug-likeness (QED) is 0.350. The van der Waals surface area contributed by atoms with Gasteiger partial charge < -0.3 is 0 Å². The molecule has 0 aliphatic heterocycles. The lowest BCUT2D eigenvalue weighted by Crippen LogP contribution is -2.04. The van der Waals surface area contributed by atoms with Gasteiger partial charge in [-0.05, 0) is 54.1 Å². The van der Waals surface area contributed by atoms with Crippen LogP contribution in [0.25, 0.3) is 28.7 Å². The van der Waals surface area contributed by atoms with Crippen LogP contribution in [0.4, 0.5) is 13.2 Å². The molecule has 0 amide bonds. The normalized spacial score (nSPS) is 12.0. The SMILES string of the molecule is O=c1ccccc2c(/C=C\c3cccc(C(F)(F)F)c3)nn(-c3ccc(Br)cc3)c12. The van der Waals surface area contributed by atoms with Crippen molar-refractivity contribution < 1.29 is 13.2 Å². The number of halogens is 4. The first-order chi connectivity index (χ1) is 14.3. The van der Waals surface area contributed by atoms with Crippen LogP contribution in [-0.2, 0) is 6.18 Å². The van der Waals surface area contributed by atoms with E-state index in [1.54, 1.807) is 41.1 Å². The van der Waals surface area contributed by atoms with Gasteiger partial charge >= 0.3 is 6.18 Å². The van der Waals surface area contributed by atoms with Crippen LogP contribution in [0.2, 0.25) is 0 Å². The molecule has 4 rings (SSSR count). The van der Waals surface area contributed by atoms with Gasteiger partial charge in [0.2, 0.25) is 5.43 Å². The summed E-state index contributed by atoms with van der Waals surface area (Å²) in [5.41, 5.74) is 1.04. The maximum absolute atomic E-state index is 13.0. The number of fused-ring (bicyclic) bond motifs is 1. The molecule has 7 heteroatoms. The van der Waals surface area contributed by atoms with Gasteiger partial charge in [-0.3, -0.25) is 4.79 Å². The Hall–Kier alpha value is -3.19. The van der Waals surface area contributed by atoms with Gasteiger partial charge in [0.25, 0.3) is 0 Å². The molecule has 0 N–H and O–H groups in total. The maximum Gasteiger partial charge on any atom is 0.416 e. The second kappa shape index (κ2) is 7.91. The van der Waals surface area contributed by atoms with Gasteiger partial charge in [0.15, 0.2) is 0 Å². The van der Waals surface area contributed by atoms with E-state index in [9.17, 15) is 18.0 Å². The first-order valence-corrected chi connectivity index (χ1v) is 9.75. The molecule has 0 fully saturated rings. The minimum absolute atomic E-state index is 0.205. The first-order valence-electron chi connectivity index (χ1n) is 8.96. The first kappa shape index (κ1) is 20.1. The molecule has 4 aromatic rings. The molecule has 3 aromatic carbocycles. The smallest absolute Gasteiger partial charge is 0.288 e. The average Bonchev–Trinajstić information content (AvgIpc) is 2.97. The predicted octanol–water partition coefficient (Wildman–Crippen LogP) is 6.34. The lowest BCUT2D eigenvalue weighted by atomic mass is 10.1. The van der Waals surface area contributed by atoms with Gasteiger partial charge in [-0.25, -0.2) is 4.68 Å². The van der Waals surface area contributed by atoms with Gasteiger partial charge in [0.1, 0.15) is 5.52 Å². The monoisotopic (exact) mass is 470 g/mol. The molecule has 0 atom stereocenters. The molecule has 0 saturated carbocycles. The lowest BCUT2D eigenvalue weighted by Gasteiger charge is -2.06. The predicted molar refractivity (Wildman–Crippen MR) is 115 cm³/mol. The van der Waals surface area contributed by atoms with Gasteiger partial charge in [-0.1, -0.05) is 52.3 Å². The molecule has 150 valence electrons. The van der Waals surface area contributed by atoms with Crippen LogP contribution < -0.4 is 5.43 Å². The van der Waals surface area contributed by atoms with Crippen molar-refractivity contribution in [2.45, 2.75) is 6.18 Å². The van der Waals surface area contributed by atoms with Crippen molar-refractivity contribution in [2.75, 3.05) is 0 Å². The van der Waals surface area contributed by atoms with E-state index >= 15 is 0 Å². The van der Waals surface area contributed by atoms with Crippen molar-refractivity contribution in [3.63, 3.8) is 0 Å². The summed E-state index contributed by atoms with van der Waals surface area (Å²) < 4.78 is 41.3. The molecule has 3 nitrogen and oxygen atoms in total. The van der Waals surface area contributed by atoms with E-state index in [0.29, 0.717) is 27.8 Å². The van der Waals surface area contributed by atoms with Gasteiger partial charge in [0, 0.05) is 9.86 Å². The highest BCUT2D eigenvalue weighted by Gasteiger charge is 2.30. The minimum atomic E-state index is -4.41. The Morgan fingerprint density at radius 2 is 1.63 bits per heavy atom. The highest BCUT2D eigenvalue weighted by molar-refractivity contribution is 9.10. The minimum Gasteiger partial charge on any atom is -0.288 e. The zero-order valence-electron chi connectivity index (χ0n) is 15.4. The molecule has 1 aromatic heterocycles. The zero-order chi connectivity index (χ0) is 21.3. The molecule has 0 saturated heterocycles. The Morgan fingerprint density at radius 3 is 2.37 bits per heavy atom. The maximum atomic E-state index is 13.0. The van der Waals surface area contributed by atoms with Crippen molar-refractivity contribution in [3.05, 3.63) is 104 Å². The van der Waals surface area contributed by atoms with Crippen molar-refractivity contribution in [2.24, 2.45) is 0 Å². The zero-order valence-corrected chi connectivity index (χ0v) is 17.0. The Balaban J connectivity index is 1.85. The van der Waals surface area contributed by atoms with E-state index in [1.807, 2.05) is 24.3 Å². The van der Waals surface area contributed by atoms with Crippen molar-refractivity contribution in [1.82, 2.24) is 9.78 Å². The summed E-state index contributed by atoms with van der Waals surface area (Å²) in [6.07, 6.45) is -1.24. The Morgan fingerprint density at radius 1 is 0.900 bits per heavy atom. The van der Waals surface area contributed by atoms with E-state index in [1.165, 1.54) is 12.1 Å². The van der Waals surface area contributed by atoms with Crippen LogP contribution in [0.15, 0.2) is 82.1 Å². The van der Waals surface area contributed by atoms with Gasteiger partial charge in [-0.15, -0.1) is 0 Å². The van der Waals surface area contributed by atoms with E-state index in [4.69, 9.17) is 0 Å². The topological polar surface area (TPSA) is 34.9 Å². The second-order valence-corrected chi connectivity index (χ2v) is 7.49. The Bertz CT molecular complexity index is 1310. The standard InChI is InChI=1S/C23H14BrF3N2O/c24-17-9-11-18(12-10-17)29-22-19(6-1-2-7-21(22)30)20(28-29)13-8-15-4-3-5-16(14-15)23(25,26)27/h1-14H/b13-8-. The molecule has 0 spiro atoms. The number of rotatable bonds is 3. The molecule has 0 bridgehead atoms. The van der Waals surface area contributed by atoms with Crippen LogP contribution in [0.3, 0.4) is 0 Å². The van der Waals surface area contributed by atoms with E-state index in [2.05, 4.69) is 21.0 Å². The second-order valence-electron chi connectivity index (χ2n) is 6.57. The van der Waals surface area contributed by atoms with Crippen molar-refractivity contribution >= 4 is 39.0 Å². The summed E-state index contributed by atoms with van der Waals surface area (Å²) in [7, 11) is 0. The number of hydrogen-bond acceptors (Lipinski definition) is 2. The number of benzene rings is 2. The number of hydrogen-bond donors (Lipinski definition) is 0. The fourth-order valence-corrected chi connectivity index (χ4v) is 3.37. The summed E-state index contributed by atoms with van der Waals surface area (Å²) in [6.45, 7) is 0. The van der Waals surface area contributed by atoms with E-state index in [0.717, 1.165) is 16.6 Å². The number of nitrogens with zero attached hydrogens (tertiary/aromatic N) is 2. The highest BCUT2D eigenvalue weighted by Crippen LogP contribution is 2.30. The molecule has 0 aliphatic rings. The fourth-order valence-electron chi connectivity index (χ4n) is 3.11. The largest absolute Gasteiger partial charge is 0.416 e. The summed E-state index contributed by atoms with van der Waals surface area (Å²) in [5, 5.41) is 5.16. The number of aromatic nitrogens is 2. The van der Waals surface area contributed by atoms with Crippen LogP contribution in [-0.4, -0.2) is 9.78 Å². The van der Waals surface area contributed by atoms with Crippen LogP contribution in [0, 0.1) is 0 Å². The molecule has 30 heavy (non-hydrogen) atoms. The van der Waals surface area contributed by atoms with Crippen LogP contribution >= 0.6 is 15.9 Å². The van der Waals surface area contributed by atoms with E-state index < -0.39 is 11.7 Å². The van der Waals surface area contributed by atoms with E-state index in [-0.39, 0.29) is 5.43 Å². The third-order valence-corrected chi connectivity index (χ3v) is 5.05. The Kier molecular flexibility index (Phi) is 5.30. The fraction of sp³-hybridized carbons (Fsp3) is 0.0435. The van der Waals surface area contributed by atoms with Crippen molar-refractivity contribution in [3.8, 4) is 5.69 Å². The average molecular weight is 471 g/mol. The van der Waals surface area contributed by atoms with Crippen LogP contribution in [0.5, 0.6) is 0 Å². The summed E-state index contributed by atoms with van der Waals surface area (Å²) >= 11 is 3.38. The third-order valence-electron chi connectivity index (χ3n) is 4.52. The van der Waals surface area contributed by atoms with Gasteiger partial charge in [-0.2, -0.15) is 18.3 Å². The van der Waals surface area contributed by atoms with Crippen molar-refractivity contribution in [1.29, 1.82) is 0 Å². The summed E-state index contributed by atoms with van der Waals surface area (Å²) in [6, 6.07) is 19.0. The van der Waals surface area contributed by atoms with Crippen LogP contribution in [0.1, 0.15) is 16.8 Å². The number of alkyl halides is 3. The molecular formula is C23H14BrF3N2O. The molecule has 0 aliphatic carbocycles. The Labute approximate surface area is 178 Å². The highest BCUT2D eigenvalue weighted by atomic mass is 79.9. The molecule has 0 radical (unpaired) electrons. The molecule has 1 heterocycles. The van der Waals surface area contributed by atoms with Gasteiger partial charge in [0.05, 0.1) is 16.9 Å². The molecular weight excluding hydrogens is 457 g/mol. The lowest BCUT2D eigenvalue weighted by molar-refractivity contribution is -0.137.